The summed E-state index contributed by atoms with van der Waals surface area (Å²) in [5.74, 6) is -1.58. The summed E-state index contributed by atoms with van der Waals surface area (Å²) in [7, 11) is 3.91. The van der Waals surface area contributed by atoms with Crippen LogP contribution in [0, 0.1) is 6.92 Å². The third-order valence-corrected chi connectivity index (χ3v) is 12.2. The molecule has 2 aliphatic heterocycles. The molecule has 10 nitrogen and oxygen atoms in total. The summed E-state index contributed by atoms with van der Waals surface area (Å²) >= 11 is 0. The lowest BCUT2D eigenvalue weighted by molar-refractivity contribution is -0.323. The van der Waals surface area contributed by atoms with E-state index in [2.05, 4.69) is 96.4 Å². The fraction of sp³-hybridized carbons (Fsp3) is 0.407. The molecule has 7 rings (SSSR count). The van der Waals surface area contributed by atoms with E-state index in [4.69, 9.17) is 23.7 Å². The Morgan fingerprint density at radius 2 is 1.38 bits per heavy atom. The Balaban J connectivity index is 1.07. The number of carbonyl (C=O) groups is 2. The lowest BCUT2D eigenvalue weighted by atomic mass is 9.84. The van der Waals surface area contributed by atoms with E-state index in [9.17, 15) is 9.59 Å². The number of ether oxygens (including phenoxy) is 5. The number of aryl methyl sites for hydroxylation is 2. The Morgan fingerprint density at radius 3 is 2.02 bits per heavy atom. The van der Waals surface area contributed by atoms with Gasteiger partial charge in [0.05, 0.1) is 39.1 Å². The molecule has 4 atom stereocenters. The molecule has 2 saturated heterocycles. The predicted octanol–water partition coefficient (Wildman–Crippen LogP) is 8.21. The molecule has 0 saturated carbocycles. The molecule has 0 aromatic heterocycles. The fourth-order valence-electron chi connectivity index (χ4n) is 8.50. The van der Waals surface area contributed by atoms with Crippen LogP contribution in [0.3, 0.4) is 0 Å². The zero-order valence-corrected chi connectivity index (χ0v) is 38.1. The average Bonchev–Trinajstić information content (AvgIpc) is 3.61. The summed E-state index contributed by atoms with van der Waals surface area (Å²) in [5.41, 5.74) is 7.01. The van der Waals surface area contributed by atoms with Gasteiger partial charge in [0.2, 0.25) is 17.6 Å². The van der Waals surface area contributed by atoms with Gasteiger partial charge < -0.3 is 39.2 Å². The molecule has 10 heteroatoms. The van der Waals surface area contributed by atoms with Gasteiger partial charge in [-0.1, -0.05) is 127 Å². The molecule has 0 aliphatic carbocycles. The maximum atomic E-state index is 12.8. The largest absolute Gasteiger partial charge is 0.374 e. The van der Waals surface area contributed by atoms with Crippen molar-refractivity contribution in [1.29, 1.82) is 0 Å². The second-order valence-electron chi connectivity index (χ2n) is 18.2. The number of carbonyl (C=O) groups excluding carboxylic acids is 2. The number of hydrogen-bond donors (Lipinski definition) is 2. The van der Waals surface area contributed by atoms with Crippen molar-refractivity contribution in [3.05, 3.63) is 178 Å². The van der Waals surface area contributed by atoms with Crippen molar-refractivity contribution in [2.24, 2.45) is 0 Å². The first-order chi connectivity index (χ1) is 30.9. The zero-order valence-electron chi connectivity index (χ0n) is 38.1. The Kier molecular flexibility index (Phi) is 15.8. The maximum absolute atomic E-state index is 12.8. The van der Waals surface area contributed by atoms with Crippen LogP contribution in [-0.4, -0.2) is 80.5 Å². The van der Waals surface area contributed by atoms with E-state index in [1.807, 2.05) is 73.6 Å². The molecule has 5 aromatic carbocycles. The van der Waals surface area contributed by atoms with Gasteiger partial charge in [0.25, 0.3) is 0 Å². The minimum Gasteiger partial charge on any atom is -0.374 e. The van der Waals surface area contributed by atoms with Gasteiger partial charge in [-0.2, -0.15) is 0 Å². The Bertz CT molecular complexity index is 2250. The van der Waals surface area contributed by atoms with Gasteiger partial charge in [-0.25, -0.2) is 0 Å². The number of benzene rings is 5. The van der Waals surface area contributed by atoms with Gasteiger partial charge in [-0.15, -0.1) is 0 Å². The molecule has 2 aliphatic rings. The van der Waals surface area contributed by atoms with Gasteiger partial charge in [-0.05, 0) is 99.1 Å². The highest BCUT2D eigenvalue weighted by molar-refractivity contribution is 5.90. The van der Waals surface area contributed by atoms with Crippen molar-refractivity contribution in [2.45, 2.75) is 102 Å². The Morgan fingerprint density at radius 1 is 0.766 bits per heavy atom. The monoisotopic (exact) mass is 867 g/mol. The van der Waals surface area contributed by atoms with Crippen molar-refractivity contribution >= 4 is 11.8 Å². The minimum atomic E-state index is -1.26. The van der Waals surface area contributed by atoms with Gasteiger partial charge in [0, 0.05) is 31.5 Å². The van der Waals surface area contributed by atoms with E-state index in [1.54, 1.807) is 13.8 Å². The third-order valence-electron chi connectivity index (χ3n) is 12.2. The van der Waals surface area contributed by atoms with Crippen molar-refractivity contribution in [1.82, 2.24) is 15.5 Å². The van der Waals surface area contributed by atoms with Gasteiger partial charge in [-0.3, -0.25) is 9.59 Å². The molecule has 64 heavy (non-hydrogen) atoms. The summed E-state index contributed by atoms with van der Waals surface area (Å²) in [4.78, 5) is 27.5. The highest BCUT2D eigenvalue weighted by atomic mass is 16.8. The second-order valence-corrected chi connectivity index (χ2v) is 18.2. The zero-order chi connectivity index (χ0) is 45.0. The number of amides is 2. The van der Waals surface area contributed by atoms with Gasteiger partial charge in [0.1, 0.15) is 17.2 Å². The van der Waals surface area contributed by atoms with Crippen LogP contribution in [0.5, 0.6) is 0 Å². The summed E-state index contributed by atoms with van der Waals surface area (Å²) in [5, 5.41) is 5.81. The first-order valence-electron chi connectivity index (χ1n) is 22.6. The highest BCUT2D eigenvalue weighted by Gasteiger charge is 2.64. The topological polar surface area (TPSA) is 108 Å². The van der Waals surface area contributed by atoms with E-state index in [0.717, 1.165) is 51.9 Å². The van der Waals surface area contributed by atoms with E-state index in [0.29, 0.717) is 65.3 Å². The summed E-state index contributed by atoms with van der Waals surface area (Å²) < 4.78 is 34.4. The van der Waals surface area contributed by atoms with Crippen LogP contribution in [0.1, 0.15) is 77.6 Å². The van der Waals surface area contributed by atoms with Crippen LogP contribution in [0.4, 0.5) is 0 Å². The third kappa shape index (κ3) is 12.3. The van der Waals surface area contributed by atoms with Crippen LogP contribution in [0.25, 0.3) is 0 Å². The van der Waals surface area contributed by atoms with Crippen molar-refractivity contribution in [2.75, 3.05) is 40.4 Å². The lowest BCUT2D eigenvalue weighted by Crippen LogP contribution is -2.58. The summed E-state index contributed by atoms with van der Waals surface area (Å²) in [6, 6.07) is 45.7. The van der Waals surface area contributed by atoms with Crippen molar-refractivity contribution in [3.8, 4) is 0 Å². The molecule has 2 bridgehead atoms. The standard InChI is InChI=1S/C54H65N3O7/c1-40-24-29-47(33-46(40)32-42-27-25-41(26-28-42)22-15-23-49(58)56-52(2,3)51(59)55-30-31-57(4)5)54-50(62-37-45-20-13-8-14-21-45)48(61-36-44-18-11-7-12-19-44)34-53(64-54,39-63-54)38-60-35-43-16-9-6-10-17-43/h6-14,16-21,24-29,33,48,50H,15,22-23,30-32,34-39H2,1-5H3,(H,55,59)(H,56,58)/t48-,50+,53-,54-/m0/s1. The minimum absolute atomic E-state index is 0.133. The number of rotatable bonds is 22. The van der Waals surface area contributed by atoms with Crippen molar-refractivity contribution in [3.63, 3.8) is 0 Å². The van der Waals surface area contributed by atoms with E-state index >= 15 is 0 Å². The SMILES string of the molecule is Cc1ccc([C@@]23OC[C@@](COCc4ccccc4)(C[C@H](OCc4ccccc4)[C@H]2OCc2ccccc2)O3)cc1Cc1ccc(CCCC(=O)NC(C)(C)C(=O)NCCN(C)C)cc1. The van der Waals surface area contributed by atoms with E-state index < -0.39 is 23.0 Å². The van der Waals surface area contributed by atoms with E-state index in [-0.39, 0.29) is 17.9 Å². The average molecular weight is 868 g/mol. The van der Waals surface area contributed by atoms with Crippen LogP contribution in [0.15, 0.2) is 133 Å². The maximum Gasteiger partial charge on any atom is 0.245 e. The second kappa shape index (κ2) is 21.7. The molecule has 2 amide bonds. The summed E-state index contributed by atoms with van der Waals surface area (Å²) in [6.07, 6.45) is 2.06. The first-order valence-corrected chi connectivity index (χ1v) is 22.6. The molecule has 0 radical (unpaired) electrons. The molecular weight excluding hydrogens is 803 g/mol. The van der Waals surface area contributed by atoms with Crippen LogP contribution in [-0.2, 0) is 71.7 Å². The Labute approximate surface area is 379 Å². The number of likely N-dealkylation sites (N-methyl/N-ethyl adjacent to an activating group) is 1. The van der Waals surface area contributed by atoms with Gasteiger partial charge >= 0.3 is 0 Å². The van der Waals surface area contributed by atoms with Crippen molar-refractivity contribution < 1.29 is 33.3 Å². The highest BCUT2D eigenvalue weighted by Crippen LogP contribution is 2.52. The molecule has 2 N–H and O–H groups in total. The molecule has 5 aromatic rings. The molecular formula is C54H65N3O7. The van der Waals surface area contributed by atoms with Crippen LogP contribution >= 0.6 is 0 Å². The van der Waals surface area contributed by atoms with Gasteiger partial charge in [0.15, 0.2) is 0 Å². The predicted molar refractivity (Wildman–Crippen MR) is 249 cm³/mol. The molecule has 338 valence electrons. The normalized spacial score (nSPS) is 20.6. The number of fused-ring (bicyclic) bond motifs is 2. The van der Waals surface area contributed by atoms with Crippen LogP contribution < -0.4 is 10.6 Å². The molecule has 0 spiro atoms. The quantitative estimate of drug-likeness (QED) is 0.0718. The molecule has 2 fully saturated rings. The smallest absolute Gasteiger partial charge is 0.245 e. The number of nitrogens with zero attached hydrogens (tertiary/aromatic N) is 1. The first kappa shape index (κ1) is 46.8. The Hall–Kier alpha value is -5.20. The van der Waals surface area contributed by atoms with E-state index in [1.165, 1.54) is 5.56 Å². The summed E-state index contributed by atoms with van der Waals surface area (Å²) in [6.45, 7) is 8.78. The molecule has 0 unspecified atom stereocenters. The molecule has 2 heterocycles. The fourth-order valence-corrected chi connectivity index (χ4v) is 8.50. The van der Waals surface area contributed by atoms with Crippen LogP contribution in [0.2, 0.25) is 0 Å². The lowest BCUT2D eigenvalue weighted by Gasteiger charge is -2.47. The number of hydrogen-bond acceptors (Lipinski definition) is 8. The number of nitrogens with one attached hydrogen (secondary N) is 2.